The van der Waals surface area contributed by atoms with Crippen molar-refractivity contribution < 1.29 is 37.9 Å². The van der Waals surface area contributed by atoms with E-state index in [1.54, 1.807) is 36.4 Å². The van der Waals surface area contributed by atoms with Crippen molar-refractivity contribution in [3.05, 3.63) is 36.4 Å². The summed E-state index contributed by atoms with van der Waals surface area (Å²) >= 11 is 0. The maximum Gasteiger partial charge on any atom is 0.163 e. The maximum atomic E-state index is 5.87. The number of rotatable bonds is 0. The zero-order valence-electron chi connectivity index (χ0n) is 19.4. The Labute approximate surface area is 199 Å². The molecule has 188 valence electrons. The lowest BCUT2D eigenvalue weighted by Gasteiger charge is -2.15. The third-order valence-corrected chi connectivity index (χ3v) is 4.62. The van der Waals surface area contributed by atoms with Crippen molar-refractivity contribution in [3.8, 4) is 23.0 Å². The van der Waals surface area contributed by atoms with E-state index in [9.17, 15) is 0 Å². The number of benzene rings is 2. The summed E-state index contributed by atoms with van der Waals surface area (Å²) in [5.74, 6) is 2.34. The molecule has 0 amide bonds. The maximum absolute atomic E-state index is 5.87. The molecule has 34 heavy (non-hydrogen) atoms. The summed E-state index contributed by atoms with van der Waals surface area (Å²) < 4.78 is 45.3. The van der Waals surface area contributed by atoms with Crippen LogP contribution < -0.4 is 30.4 Å². The standard InChI is InChI=1S/C24H34N2O8/c25-19-1-3-21-23(17-19)33-15-11-29-8-6-28-10-14-32-22-4-2-20(26)18-24(22)34-16-12-30-7-5-27-9-13-31-21/h1-4,17-18H,5-16,25-26H2. The fourth-order valence-corrected chi connectivity index (χ4v) is 3.00. The third kappa shape index (κ3) is 9.52. The average Bonchev–Trinajstić information content (AvgIpc) is 2.83. The summed E-state index contributed by atoms with van der Waals surface area (Å²) in [6.07, 6.45) is 0. The number of nitrogen functional groups attached to an aromatic ring is 2. The Morgan fingerprint density at radius 1 is 0.382 bits per heavy atom. The molecule has 0 saturated carbocycles. The molecular formula is C24H34N2O8. The van der Waals surface area contributed by atoms with Crippen LogP contribution in [0, 0.1) is 0 Å². The Morgan fingerprint density at radius 2 is 0.676 bits per heavy atom. The monoisotopic (exact) mass is 478 g/mol. The Balaban J connectivity index is 1.48. The number of fused-ring (bicyclic) bond motifs is 2. The highest BCUT2D eigenvalue weighted by Gasteiger charge is 2.08. The zero-order valence-corrected chi connectivity index (χ0v) is 19.4. The van der Waals surface area contributed by atoms with Gasteiger partial charge in [-0.2, -0.15) is 0 Å². The van der Waals surface area contributed by atoms with Crippen LogP contribution in [0.1, 0.15) is 0 Å². The number of nitrogens with two attached hydrogens (primary N) is 2. The van der Waals surface area contributed by atoms with Gasteiger partial charge >= 0.3 is 0 Å². The summed E-state index contributed by atoms with van der Waals surface area (Å²) in [6, 6.07) is 10.5. The minimum atomic E-state index is 0.358. The quantitative estimate of drug-likeness (QED) is 0.544. The van der Waals surface area contributed by atoms with E-state index in [1.807, 2.05) is 0 Å². The molecule has 0 spiro atoms. The highest BCUT2D eigenvalue weighted by atomic mass is 16.6. The molecule has 4 N–H and O–H groups in total. The molecule has 10 nitrogen and oxygen atoms in total. The Hall–Kier alpha value is -2.92. The highest BCUT2D eigenvalue weighted by molar-refractivity contribution is 5.52. The first-order chi connectivity index (χ1) is 16.7. The number of hydrogen-bond acceptors (Lipinski definition) is 10. The summed E-state index contributed by atoms with van der Waals surface area (Å²) in [4.78, 5) is 0. The molecule has 0 fully saturated rings. The molecule has 3 rings (SSSR count). The Bertz CT molecular complexity index is 782. The van der Waals surface area contributed by atoms with E-state index in [0.29, 0.717) is 114 Å². The van der Waals surface area contributed by atoms with Crippen molar-refractivity contribution in [2.24, 2.45) is 0 Å². The number of anilines is 2. The first-order valence-corrected chi connectivity index (χ1v) is 11.3. The summed E-state index contributed by atoms with van der Waals surface area (Å²) in [7, 11) is 0. The van der Waals surface area contributed by atoms with Crippen LogP contribution in [0.15, 0.2) is 36.4 Å². The molecule has 2 aromatic carbocycles. The van der Waals surface area contributed by atoms with E-state index in [1.165, 1.54) is 0 Å². The molecule has 1 heterocycles. The molecular weight excluding hydrogens is 444 g/mol. The smallest absolute Gasteiger partial charge is 0.163 e. The van der Waals surface area contributed by atoms with E-state index in [-0.39, 0.29) is 0 Å². The fourth-order valence-electron chi connectivity index (χ4n) is 3.00. The van der Waals surface area contributed by atoms with E-state index in [0.717, 1.165) is 0 Å². The highest BCUT2D eigenvalue weighted by Crippen LogP contribution is 2.30. The predicted octanol–water partition coefficient (Wildman–Crippen LogP) is 2.15. The topological polar surface area (TPSA) is 126 Å². The molecule has 0 saturated heterocycles. The molecule has 0 aromatic heterocycles. The van der Waals surface area contributed by atoms with E-state index in [2.05, 4.69) is 0 Å². The zero-order chi connectivity index (χ0) is 23.8. The second kappa shape index (κ2) is 15.1. The third-order valence-electron chi connectivity index (χ3n) is 4.62. The first-order valence-electron chi connectivity index (χ1n) is 11.3. The van der Waals surface area contributed by atoms with Crippen LogP contribution in [0.25, 0.3) is 0 Å². The van der Waals surface area contributed by atoms with Crippen molar-refractivity contribution in [2.45, 2.75) is 0 Å². The Morgan fingerprint density at radius 3 is 1.03 bits per heavy atom. The molecule has 0 bridgehead atoms. The van der Waals surface area contributed by atoms with Gasteiger partial charge in [0.25, 0.3) is 0 Å². The molecule has 0 atom stereocenters. The Kier molecular flexibility index (Phi) is 11.4. The lowest BCUT2D eigenvalue weighted by Crippen LogP contribution is -2.15. The van der Waals surface area contributed by atoms with Gasteiger partial charge in [-0.25, -0.2) is 0 Å². The van der Waals surface area contributed by atoms with Gasteiger partial charge in [0.2, 0.25) is 0 Å². The van der Waals surface area contributed by atoms with Crippen LogP contribution in [-0.4, -0.2) is 79.3 Å². The molecule has 0 unspecified atom stereocenters. The van der Waals surface area contributed by atoms with Crippen LogP contribution in [0.2, 0.25) is 0 Å². The minimum Gasteiger partial charge on any atom is -0.487 e. The normalized spacial score (nSPS) is 17.9. The molecule has 10 heteroatoms. The van der Waals surface area contributed by atoms with Gasteiger partial charge in [0.1, 0.15) is 26.4 Å². The van der Waals surface area contributed by atoms with E-state index >= 15 is 0 Å². The predicted molar refractivity (Wildman–Crippen MR) is 127 cm³/mol. The van der Waals surface area contributed by atoms with Crippen LogP contribution in [0.3, 0.4) is 0 Å². The van der Waals surface area contributed by atoms with E-state index in [4.69, 9.17) is 49.4 Å². The molecule has 1 aliphatic rings. The van der Waals surface area contributed by atoms with Gasteiger partial charge < -0.3 is 49.4 Å². The van der Waals surface area contributed by atoms with Crippen molar-refractivity contribution >= 4 is 11.4 Å². The van der Waals surface area contributed by atoms with E-state index < -0.39 is 0 Å². The van der Waals surface area contributed by atoms with Gasteiger partial charge in [0, 0.05) is 23.5 Å². The lowest BCUT2D eigenvalue weighted by molar-refractivity contribution is 0.0223. The second-order valence-electron chi connectivity index (χ2n) is 7.26. The fraction of sp³-hybridized carbons (Fsp3) is 0.500. The van der Waals surface area contributed by atoms with Gasteiger partial charge in [-0.3, -0.25) is 0 Å². The van der Waals surface area contributed by atoms with Crippen molar-refractivity contribution in [2.75, 3.05) is 90.7 Å². The van der Waals surface area contributed by atoms with Crippen LogP contribution in [-0.2, 0) is 18.9 Å². The van der Waals surface area contributed by atoms with Gasteiger partial charge in [-0.1, -0.05) is 0 Å². The van der Waals surface area contributed by atoms with Crippen LogP contribution in [0.4, 0.5) is 11.4 Å². The van der Waals surface area contributed by atoms with Crippen LogP contribution >= 0.6 is 0 Å². The summed E-state index contributed by atoms with van der Waals surface area (Å²) in [6.45, 7) is 4.86. The second-order valence-corrected chi connectivity index (χ2v) is 7.26. The molecule has 2 aromatic rings. The van der Waals surface area contributed by atoms with Crippen molar-refractivity contribution in [3.63, 3.8) is 0 Å². The van der Waals surface area contributed by atoms with Gasteiger partial charge in [-0.05, 0) is 24.3 Å². The van der Waals surface area contributed by atoms with Gasteiger partial charge in [0.05, 0.1) is 52.9 Å². The molecule has 0 radical (unpaired) electrons. The SMILES string of the molecule is Nc1ccc2c(c1)OCCOCCOCCOc1ccc(N)cc1OCCOCCOCCO2. The summed E-state index contributed by atoms with van der Waals surface area (Å²) in [5.41, 5.74) is 12.9. The minimum absolute atomic E-state index is 0.358. The average molecular weight is 479 g/mol. The number of hydrogen-bond donors (Lipinski definition) is 2. The summed E-state index contributed by atoms with van der Waals surface area (Å²) in [5, 5.41) is 0. The van der Waals surface area contributed by atoms with Gasteiger partial charge in [0.15, 0.2) is 23.0 Å². The van der Waals surface area contributed by atoms with Crippen molar-refractivity contribution in [1.29, 1.82) is 0 Å². The number of ether oxygens (including phenoxy) is 8. The largest absolute Gasteiger partial charge is 0.487 e. The van der Waals surface area contributed by atoms with Crippen LogP contribution in [0.5, 0.6) is 23.0 Å². The van der Waals surface area contributed by atoms with Gasteiger partial charge in [-0.15, -0.1) is 0 Å². The lowest BCUT2D eigenvalue weighted by atomic mass is 10.3. The van der Waals surface area contributed by atoms with Crippen molar-refractivity contribution in [1.82, 2.24) is 0 Å². The molecule has 0 aliphatic carbocycles. The first kappa shape index (κ1) is 25.7. The molecule has 1 aliphatic heterocycles.